The second-order valence-electron chi connectivity index (χ2n) is 5.98. The molecule has 1 saturated heterocycles. The van der Waals surface area contributed by atoms with Gasteiger partial charge in [-0.05, 0) is 43.9 Å². The molecule has 1 fully saturated rings. The van der Waals surface area contributed by atoms with Crippen LogP contribution >= 0.6 is 11.6 Å². The predicted molar refractivity (Wildman–Crippen MR) is 101 cm³/mol. The maximum absolute atomic E-state index is 11.7. The molecule has 0 bridgehead atoms. The zero-order valence-electron chi connectivity index (χ0n) is 14.9. The van der Waals surface area contributed by atoms with E-state index in [0.29, 0.717) is 25.7 Å². The molecular formula is C18H27ClN4O2. The molecule has 1 heterocycles. The highest BCUT2D eigenvalue weighted by Crippen LogP contribution is 2.12. The Morgan fingerprint density at radius 1 is 1.32 bits per heavy atom. The van der Waals surface area contributed by atoms with Crippen LogP contribution in [0, 0.1) is 0 Å². The van der Waals surface area contributed by atoms with Crippen molar-refractivity contribution in [1.29, 1.82) is 0 Å². The van der Waals surface area contributed by atoms with Crippen LogP contribution in [0.15, 0.2) is 29.3 Å². The number of carbonyl (C=O) groups excluding carboxylic acids is 1. The van der Waals surface area contributed by atoms with Gasteiger partial charge in [0.2, 0.25) is 0 Å². The van der Waals surface area contributed by atoms with E-state index in [1.807, 2.05) is 31.2 Å². The molecule has 7 heteroatoms. The van der Waals surface area contributed by atoms with Gasteiger partial charge in [-0.15, -0.1) is 0 Å². The SMILES string of the molecule is CCOC(=O)N1CCC(NC(=NC)NCCc2ccc(Cl)cc2)CC1. The normalized spacial score (nSPS) is 15.8. The molecule has 0 aromatic heterocycles. The molecule has 1 aliphatic heterocycles. The van der Waals surface area contributed by atoms with E-state index >= 15 is 0 Å². The zero-order valence-corrected chi connectivity index (χ0v) is 15.7. The average molecular weight is 367 g/mol. The van der Waals surface area contributed by atoms with Gasteiger partial charge in [0.25, 0.3) is 0 Å². The number of rotatable bonds is 5. The number of ether oxygens (including phenoxy) is 1. The van der Waals surface area contributed by atoms with Crippen molar-refractivity contribution in [3.63, 3.8) is 0 Å². The summed E-state index contributed by atoms with van der Waals surface area (Å²) in [5.41, 5.74) is 1.23. The van der Waals surface area contributed by atoms with Crippen molar-refractivity contribution in [2.45, 2.75) is 32.2 Å². The van der Waals surface area contributed by atoms with Crippen LogP contribution in [0.3, 0.4) is 0 Å². The van der Waals surface area contributed by atoms with E-state index < -0.39 is 0 Å². The van der Waals surface area contributed by atoms with Gasteiger partial charge < -0.3 is 20.3 Å². The quantitative estimate of drug-likeness (QED) is 0.621. The number of guanidine groups is 1. The summed E-state index contributed by atoms with van der Waals surface area (Å²) in [7, 11) is 1.77. The first-order valence-electron chi connectivity index (χ1n) is 8.75. The van der Waals surface area contributed by atoms with Gasteiger partial charge in [0.15, 0.2) is 5.96 Å². The molecule has 25 heavy (non-hydrogen) atoms. The average Bonchev–Trinajstić information content (AvgIpc) is 2.63. The van der Waals surface area contributed by atoms with Crippen molar-refractivity contribution < 1.29 is 9.53 Å². The first-order chi connectivity index (χ1) is 12.1. The minimum atomic E-state index is -0.216. The Hall–Kier alpha value is -1.95. The summed E-state index contributed by atoms with van der Waals surface area (Å²) in [6.45, 7) is 4.45. The van der Waals surface area contributed by atoms with Gasteiger partial charge in [-0.3, -0.25) is 4.99 Å². The standard InChI is InChI=1S/C18H27ClN4O2/c1-3-25-18(24)23-12-9-16(10-13-23)22-17(20-2)21-11-8-14-4-6-15(19)7-5-14/h4-7,16H,3,8-13H2,1-2H3,(H2,20,21,22). The Morgan fingerprint density at radius 3 is 2.60 bits per heavy atom. The predicted octanol–water partition coefficient (Wildman–Crippen LogP) is 2.67. The lowest BCUT2D eigenvalue weighted by Crippen LogP contribution is -2.50. The number of hydrogen-bond acceptors (Lipinski definition) is 3. The summed E-state index contributed by atoms with van der Waals surface area (Å²) in [5, 5.41) is 7.52. The summed E-state index contributed by atoms with van der Waals surface area (Å²) in [4.78, 5) is 17.8. The van der Waals surface area contributed by atoms with E-state index in [0.717, 1.165) is 36.8 Å². The van der Waals surface area contributed by atoms with Crippen LogP contribution in [-0.4, -0.2) is 56.3 Å². The van der Waals surface area contributed by atoms with E-state index in [-0.39, 0.29) is 6.09 Å². The largest absolute Gasteiger partial charge is 0.450 e. The van der Waals surface area contributed by atoms with Crippen LogP contribution in [0.25, 0.3) is 0 Å². The fraction of sp³-hybridized carbons (Fsp3) is 0.556. The van der Waals surface area contributed by atoms with Crippen molar-refractivity contribution in [3.8, 4) is 0 Å². The minimum Gasteiger partial charge on any atom is -0.450 e. The Bertz CT molecular complexity index is 569. The first-order valence-corrected chi connectivity index (χ1v) is 9.13. The van der Waals surface area contributed by atoms with Gasteiger partial charge in [-0.2, -0.15) is 0 Å². The summed E-state index contributed by atoms with van der Waals surface area (Å²) >= 11 is 5.90. The van der Waals surface area contributed by atoms with E-state index in [2.05, 4.69) is 15.6 Å². The van der Waals surface area contributed by atoms with E-state index in [4.69, 9.17) is 16.3 Å². The molecule has 1 aliphatic rings. The molecule has 2 rings (SSSR count). The van der Waals surface area contributed by atoms with Gasteiger partial charge in [-0.1, -0.05) is 23.7 Å². The highest BCUT2D eigenvalue weighted by Gasteiger charge is 2.23. The number of halogens is 1. The zero-order chi connectivity index (χ0) is 18.1. The molecule has 0 aliphatic carbocycles. The van der Waals surface area contributed by atoms with Gasteiger partial charge in [-0.25, -0.2) is 4.79 Å². The third-order valence-electron chi connectivity index (χ3n) is 4.20. The summed E-state index contributed by atoms with van der Waals surface area (Å²) in [6, 6.07) is 8.19. The number of piperidine rings is 1. The minimum absolute atomic E-state index is 0.216. The van der Waals surface area contributed by atoms with Crippen molar-refractivity contribution in [3.05, 3.63) is 34.9 Å². The molecular weight excluding hydrogens is 340 g/mol. The van der Waals surface area contributed by atoms with E-state index in [1.54, 1.807) is 11.9 Å². The Morgan fingerprint density at radius 2 is 2.00 bits per heavy atom. The Kier molecular flexibility index (Phi) is 7.85. The Balaban J connectivity index is 1.70. The first kappa shape index (κ1) is 19.4. The number of hydrogen-bond donors (Lipinski definition) is 2. The molecule has 0 atom stereocenters. The highest BCUT2D eigenvalue weighted by molar-refractivity contribution is 6.30. The maximum Gasteiger partial charge on any atom is 0.409 e. The van der Waals surface area contributed by atoms with E-state index in [9.17, 15) is 4.79 Å². The summed E-state index contributed by atoms with van der Waals surface area (Å²) < 4.78 is 5.04. The van der Waals surface area contributed by atoms with Gasteiger partial charge in [0.1, 0.15) is 0 Å². The lowest BCUT2D eigenvalue weighted by molar-refractivity contribution is 0.0963. The van der Waals surface area contributed by atoms with Crippen molar-refractivity contribution in [2.24, 2.45) is 4.99 Å². The summed E-state index contributed by atoms with van der Waals surface area (Å²) in [5.74, 6) is 0.795. The molecule has 0 saturated carbocycles. The molecule has 0 unspecified atom stereocenters. The highest BCUT2D eigenvalue weighted by atomic mass is 35.5. The van der Waals surface area contributed by atoms with Crippen LogP contribution in [0.5, 0.6) is 0 Å². The lowest BCUT2D eigenvalue weighted by Gasteiger charge is -2.32. The van der Waals surface area contributed by atoms with Crippen LogP contribution in [0.4, 0.5) is 4.79 Å². The van der Waals surface area contributed by atoms with Gasteiger partial charge in [0.05, 0.1) is 6.61 Å². The monoisotopic (exact) mass is 366 g/mol. The second-order valence-corrected chi connectivity index (χ2v) is 6.42. The van der Waals surface area contributed by atoms with Crippen molar-refractivity contribution in [1.82, 2.24) is 15.5 Å². The second kappa shape index (κ2) is 10.1. The third kappa shape index (κ3) is 6.46. The molecule has 1 aromatic carbocycles. The number of nitrogens with zero attached hydrogens (tertiary/aromatic N) is 2. The smallest absolute Gasteiger partial charge is 0.409 e. The molecule has 138 valence electrons. The van der Waals surface area contributed by atoms with Crippen molar-refractivity contribution in [2.75, 3.05) is 33.3 Å². The van der Waals surface area contributed by atoms with Crippen LogP contribution in [0.2, 0.25) is 5.02 Å². The number of nitrogens with one attached hydrogen (secondary N) is 2. The maximum atomic E-state index is 11.7. The van der Waals surface area contributed by atoms with Crippen LogP contribution < -0.4 is 10.6 Å². The van der Waals surface area contributed by atoms with Crippen LogP contribution in [-0.2, 0) is 11.2 Å². The molecule has 6 nitrogen and oxygen atoms in total. The number of carbonyl (C=O) groups is 1. The number of aliphatic imine (C=N–C) groups is 1. The van der Waals surface area contributed by atoms with Gasteiger partial charge in [0, 0.05) is 37.7 Å². The number of benzene rings is 1. The molecule has 0 radical (unpaired) electrons. The molecule has 1 amide bonds. The van der Waals surface area contributed by atoms with Gasteiger partial charge >= 0.3 is 6.09 Å². The lowest BCUT2D eigenvalue weighted by atomic mass is 10.1. The number of likely N-dealkylation sites (tertiary alicyclic amines) is 1. The van der Waals surface area contributed by atoms with E-state index in [1.165, 1.54) is 5.56 Å². The molecule has 1 aromatic rings. The Labute approximate surface area is 154 Å². The number of amides is 1. The topological polar surface area (TPSA) is 66.0 Å². The van der Waals surface area contributed by atoms with Crippen molar-refractivity contribution >= 4 is 23.7 Å². The third-order valence-corrected chi connectivity index (χ3v) is 4.46. The fourth-order valence-corrected chi connectivity index (χ4v) is 2.91. The summed E-state index contributed by atoms with van der Waals surface area (Å²) in [6.07, 6.45) is 2.46. The molecule has 2 N–H and O–H groups in total. The molecule has 0 spiro atoms. The fourth-order valence-electron chi connectivity index (χ4n) is 2.79. The van der Waals surface area contributed by atoms with Crippen LogP contribution in [0.1, 0.15) is 25.3 Å².